The number of piperidine rings is 1. The Bertz CT molecular complexity index is 251. The number of ether oxygens (including phenoxy) is 1. The second kappa shape index (κ2) is 7.61. The van der Waals surface area contributed by atoms with Crippen molar-refractivity contribution in [2.24, 2.45) is 17.8 Å². The zero-order valence-electron chi connectivity index (χ0n) is 12.7. The van der Waals surface area contributed by atoms with Crippen LogP contribution in [0.5, 0.6) is 0 Å². The molecule has 1 saturated carbocycles. The SMILES string of the molecule is CCC1CCC(O)C(CN2CCC(COC)CC2)C1. The maximum absolute atomic E-state index is 10.2. The highest BCUT2D eigenvalue weighted by molar-refractivity contribution is 4.83. The van der Waals surface area contributed by atoms with E-state index >= 15 is 0 Å². The summed E-state index contributed by atoms with van der Waals surface area (Å²) in [5, 5.41) is 10.2. The van der Waals surface area contributed by atoms with Gasteiger partial charge in [-0.3, -0.25) is 0 Å². The van der Waals surface area contributed by atoms with Crippen LogP contribution in [0.1, 0.15) is 45.4 Å². The Morgan fingerprint density at radius 2 is 1.84 bits per heavy atom. The molecule has 0 radical (unpaired) electrons. The average molecular weight is 269 g/mol. The summed E-state index contributed by atoms with van der Waals surface area (Å²) in [7, 11) is 1.80. The number of likely N-dealkylation sites (tertiary alicyclic amines) is 1. The highest BCUT2D eigenvalue weighted by Gasteiger charge is 2.30. The molecular formula is C16H31NO2. The second-order valence-electron chi connectivity index (χ2n) is 6.61. The van der Waals surface area contributed by atoms with Crippen LogP contribution < -0.4 is 0 Å². The number of aliphatic hydroxyl groups is 1. The number of rotatable bonds is 5. The zero-order valence-corrected chi connectivity index (χ0v) is 12.7. The number of hydrogen-bond acceptors (Lipinski definition) is 3. The molecule has 1 aliphatic carbocycles. The molecule has 0 amide bonds. The van der Waals surface area contributed by atoms with Crippen LogP contribution in [0.15, 0.2) is 0 Å². The van der Waals surface area contributed by atoms with Crippen molar-refractivity contribution < 1.29 is 9.84 Å². The molecule has 19 heavy (non-hydrogen) atoms. The van der Waals surface area contributed by atoms with E-state index in [0.717, 1.165) is 31.4 Å². The van der Waals surface area contributed by atoms with Gasteiger partial charge in [-0.1, -0.05) is 13.3 Å². The molecule has 0 spiro atoms. The van der Waals surface area contributed by atoms with Gasteiger partial charge in [0.2, 0.25) is 0 Å². The first-order chi connectivity index (χ1) is 9.22. The Morgan fingerprint density at radius 1 is 1.11 bits per heavy atom. The Kier molecular flexibility index (Phi) is 6.11. The Balaban J connectivity index is 1.74. The Labute approximate surface area is 118 Å². The van der Waals surface area contributed by atoms with Gasteiger partial charge in [0.05, 0.1) is 6.10 Å². The minimum atomic E-state index is -0.0560. The fourth-order valence-corrected chi connectivity index (χ4v) is 3.82. The molecule has 1 aliphatic heterocycles. The van der Waals surface area contributed by atoms with Gasteiger partial charge >= 0.3 is 0 Å². The lowest BCUT2D eigenvalue weighted by Crippen LogP contribution is -2.42. The largest absolute Gasteiger partial charge is 0.393 e. The lowest BCUT2D eigenvalue weighted by atomic mass is 9.78. The summed E-state index contributed by atoms with van der Waals surface area (Å²) in [6, 6.07) is 0. The Hall–Kier alpha value is -0.120. The van der Waals surface area contributed by atoms with E-state index in [1.54, 1.807) is 7.11 Å². The molecule has 112 valence electrons. The van der Waals surface area contributed by atoms with Gasteiger partial charge in [0.1, 0.15) is 0 Å². The van der Waals surface area contributed by atoms with E-state index in [0.29, 0.717) is 5.92 Å². The minimum Gasteiger partial charge on any atom is -0.393 e. The van der Waals surface area contributed by atoms with E-state index in [-0.39, 0.29) is 6.10 Å². The molecule has 2 fully saturated rings. The molecule has 2 rings (SSSR count). The maximum atomic E-state index is 10.2. The first-order valence-corrected chi connectivity index (χ1v) is 8.12. The summed E-state index contributed by atoms with van der Waals surface area (Å²) in [5.74, 6) is 2.11. The van der Waals surface area contributed by atoms with Gasteiger partial charge in [-0.05, 0) is 62.9 Å². The molecule has 3 atom stereocenters. The number of hydrogen-bond donors (Lipinski definition) is 1. The van der Waals surface area contributed by atoms with Crippen LogP contribution in [0.3, 0.4) is 0 Å². The first kappa shape index (κ1) is 15.3. The minimum absolute atomic E-state index is 0.0560. The Morgan fingerprint density at radius 3 is 2.47 bits per heavy atom. The molecule has 1 saturated heterocycles. The lowest BCUT2D eigenvalue weighted by molar-refractivity contribution is 0.0161. The van der Waals surface area contributed by atoms with Crippen LogP contribution in [-0.2, 0) is 4.74 Å². The van der Waals surface area contributed by atoms with Crippen molar-refractivity contribution >= 4 is 0 Å². The topological polar surface area (TPSA) is 32.7 Å². The average Bonchev–Trinajstić information content (AvgIpc) is 2.44. The van der Waals surface area contributed by atoms with Gasteiger partial charge in [-0.25, -0.2) is 0 Å². The van der Waals surface area contributed by atoms with Crippen molar-refractivity contribution in [1.29, 1.82) is 0 Å². The van der Waals surface area contributed by atoms with E-state index in [4.69, 9.17) is 4.74 Å². The van der Waals surface area contributed by atoms with Gasteiger partial charge in [0, 0.05) is 20.3 Å². The zero-order chi connectivity index (χ0) is 13.7. The van der Waals surface area contributed by atoms with Crippen LogP contribution in [0.4, 0.5) is 0 Å². The molecule has 0 aromatic heterocycles. The fourth-order valence-electron chi connectivity index (χ4n) is 3.82. The fraction of sp³-hybridized carbons (Fsp3) is 1.00. The monoisotopic (exact) mass is 269 g/mol. The van der Waals surface area contributed by atoms with Crippen molar-refractivity contribution in [1.82, 2.24) is 4.90 Å². The normalized spacial score (nSPS) is 34.6. The highest BCUT2D eigenvalue weighted by Crippen LogP contribution is 2.32. The molecule has 0 aromatic rings. The molecule has 1 heterocycles. The van der Waals surface area contributed by atoms with Crippen LogP contribution in [-0.4, -0.2) is 49.5 Å². The van der Waals surface area contributed by atoms with Crippen molar-refractivity contribution in [3.63, 3.8) is 0 Å². The summed E-state index contributed by atoms with van der Waals surface area (Å²) in [6.07, 6.45) is 7.21. The highest BCUT2D eigenvalue weighted by atomic mass is 16.5. The third kappa shape index (κ3) is 4.44. The van der Waals surface area contributed by atoms with Gasteiger partial charge in [-0.2, -0.15) is 0 Å². The van der Waals surface area contributed by atoms with Crippen molar-refractivity contribution in [3.8, 4) is 0 Å². The van der Waals surface area contributed by atoms with E-state index in [2.05, 4.69) is 11.8 Å². The van der Waals surface area contributed by atoms with Crippen molar-refractivity contribution in [2.75, 3.05) is 33.4 Å². The van der Waals surface area contributed by atoms with Crippen molar-refractivity contribution in [2.45, 2.75) is 51.6 Å². The molecule has 3 nitrogen and oxygen atoms in total. The predicted octanol–water partition coefficient (Wildman–Crippen LogP) is 2.53. The third-order valence-corrected chi connectivity index (χ3v) is 5.23. The van der Waals surface area contributed by atoms with E-state index in [9.17, 15) is 5.11 Å². The molecule has 3 unspecified atom stereocenters. The molecule has 0 aromatic carbocycles. The van der Waals surface area contributed by atoms with Crippen LogP contribution >= 0.6 is 0 Å². The van der Waals surface area contributed by atoms with E-state index in [1.807, 2.05) is 0 Å². The van der Waals surface area contributed by atoms with Gasteiger partial charge < -0.3 is 14.7 Å². The van der Waals surface area contributed by atoms with Gasteiger partial charge in [-0.15, -0.1) is 0 Å². The van der Waals surface area contributed by atoms with Gasteiger partial charge in [0.25, 0.3) is 0 Å². The molecular weight excluding hydrogens is 238 g/mol. The standard InChI is InChI=1S/C16H31NO2/c1-3-13-4-5-16(18)15(10-13)11-17-8-6-14(7-9-17)12-19-2/h13-16,18H,3-12H2,1-2H3. The van der Waals surface area contributed by atoms with Crippen LogP contribution in [0.25, 0.3) is 0 Å². The molecule has 3 heteroatoms. The number of nitrogens with zero attached hydrogens (tertiary/aromatic N) is 1. The summed E-state index contributed by atoms with van der Waals surface area (Å²) in [5.41, 5.74) is 0. The van der Waals surface area contributed by atoms with Crippen molar-refractivity contribution in [3.05, 3.63) is 0 Å². The third-order valence-electron chi connectivity index (χ3n) is 5.23. The van der Waals surface area contributed by atoms with Gasteiger partial charge in [0.15, 0.2) is 0 Å². The second-order valence-corrected chi connectivity index (χ2v) is 6.61. The van der Waals surface area contributed by atoms with Crippen LogP contribution in [0.2, 0.25) is 0 Å². The van der Waals surface area contributed by atoms with E-state index < -0.39 is 0 Å². The summed E-state index contributed by atoms with van der Waals surface area (Å²) >= 11 is 0. The first-order valence-electron chi connectivity index (χ1n) is 8.12. The quantitative estimate of drug-likeness (QED) is 0.832. The molecule has 2 aliphatic rings. The van der Waals surface area contributed by atoms with Crippen LogP contribution in [0, 0.1) is 17.8 Å². The molecule has 1 N–H and O–H groups in total. The summed E-state index contributed by atoms with van der Waals surface area (Å²) in [6.45, 7) is 6.69. The number of methoxy groups -OCH3 is 1. The summed E-state index contributed by atoms with van der Waals surface area (Å²) < 4.78 is 5.25. The smallest absolute Gasteiger partial charge is 0.0580 e. The maximum Gasteiger partial charge on any atom is 0.0580 e. The number of aliphatic hydroxyl groups excluding tert-OH is 1. The summed E-state index contributed by atoms with van der Waals surface area (Å²) in [4.78, 5) is 2.57. The lowest BCUT2D eigenvalue weighted by Gasteiger charge is -2.39. The van der Waals surface area contributed by atoms with E-state index in [1.165, 1.54) is 45.2 Å². The predicted molar refractivity (Wildman–Crippen MR) is 78.2 cm³/mol. The molecule has 0 bridgehead atoms.